The highest BCUT2D eigenvalue weighted by atomic mass is 16.5. The standard InChI is InChI=1S/C25H26N2O3/c1-16-14-17(2)24-21(15-16)23(26-18(3)28)25(29)27(24)12-7-13-30-22-11-6-9-19-8-4-5-10-20(19)22/h4-6,8-11,14-15,23H,7,12-13H2,1-3H3,(H,26,28). The maximum atomic E-state index is 13.1. The van der Waals surface area contributed by atoms with Gasteiger partial charge in [0, 0.05) is 24.4 Å². The van der Waals surface area contributed by atoms with E-state index in [2.05, 4.69) is 29.6 Å². The number of aryl methyl sites for hydroxylation is 2. The summed E-state index contributed by atoms with van der Waals surface area (Å²) in [5.74, 6) is 0.558. The van der Waals surface area contributed by atoms with Crippen LogP contribution in [0.1, 0.15) is 36.1 Å². The Kier molecular flexibility index (Phi) is 5.44. The van der Waals surface area contributed by atoms with Gasteiger partial charge in [0.05, 0.1) is 12.3 Å². The molecular formula is C25H26N2O3. The summed E-state index contributed by atoms with van der Waals surface area (Å²) in [6.45, 7) is 6.49. The molecule has 5 nitrogen and oxygen atoms in total. The summed E-state index contributed by atoms with van der Waals surface area (Å²) in [6.07, 6.45) is 0.689. The van der Waals surface area contributed by atoms with E-state index in [0.717, 1.165) is 38.9 Å². The predicted octanol–water partition coefficient (Wildman–Crippen LogP) is 4.45. The van der Waals surface area contributed by atoms with Gasteiger partial charge in [-0.2, -0.15) is 0 Å². The van der Waals surface area contributed by atoms with Crippen LogP contribution in [0, 0.1) is 13.8 Å². The molecule has 0 bridgehead atoms. The van der Waals surface area contributed by atoms with E-state index in [1.54, 1.807) is 4.90 Å². The first kappa shape index (κ1) is 20.0. The number of carbonyl (C=O) groups excluding carboxylic acids is 2. The van der Waals surface area contributed by atoms with Gasteiger partial charge in [0.25, 0.3) is 5.91 Å². The van der Waals surface area contributed by atoms with Crippen LogP contribution >= 0.6 is 0 Å². The monoisotopic (exact) mass is 402 g/mol. The summed E-state index contributed by atoms with van der Waals surface area (Å²) in [7, 11) is 0. The van der Waals surface area contributed by atoms with Gasteiger partial charge in [-0.15, -0.1) is 0 Å². The zero-order valence-electron chi connectivity index (χ0n) is 17.6. The van der Waals surface area contributed by atoms with Crippen molar-refractivity contribution in [1.82, 2.24) is 5.32 Å². The number of carbonyl (C=O) groups is 2. The maximum Gasteiger partial charge on any atom is 0.254 e. The van der Waals surface area contributed by atoms with Gasteiger partial charge in [-0.1, -0.05) is 54.1 Å². The van der Waals surface area contributed by atoms with E-state index in [4.69, 9.17) is 4.74 Å². The molecule has 0 aromatic heterocycles. The minimum Gasteiger partial charge on any atom is -0.493 e. The van der Waals surface area contributed by atoms with Crippen LogP contribution in [0.3, 0.4) is 0 Å². The van der Waals surface area contributed by atoms with Crippen LogP contribution in [0.25, 0.3) is 10.8 Å². The zero-order chi connectivity index (χ0) is 21.3. The molecule has 30 heavy (non-hydrogen) atoms. The molecule has 5 heteroatoms. The Hall–Kier alpha value is -3.34. The van der Waals surface area contributed by atoms with Gasteiger partial charge >= 0.3 is 0 Å². The highest BCUT2D eigenvalue weighted by Crippen LogP contribution is 2.39. The molecular weight excluding hydrogens is 376 g/mol. The Bertz CT molecular complexity index is 1120. The molecule has 0 aliphatic carbocycles. The normalized spacial score (nSPS) is 15.4. The second-order valence-electron chi connectivity index (χ2n) is 7.82. The summed E-state index contributed by atoms with van der Waals surface area (Å²) in [5, 5.41) is 5.03. The molecule has 0 radical (unpaired) electrons. The summed E-state index contributed by atoms with van der Waals surface area (Å²) in [6, 6.07) is 17.6. The molecule has 0 fully saturated rings. The fourth-order valence-corrected chi connectivity index (χ4v) is 4.27. The van der Waals surface area contributed by atoms with Crippen LogP contribution in [-0.2, 0) is 9.59 Å². The number of amides is 2. The van der Waals surface area contributed by atoms with E-state index in [1.165, 1.54) is 6.92 Å². The number of ether oxygens (including phenoxy) is 1. The van der Waals surface area contributed by atoms with E-state index >= 15 is 0 Å². The number of fused-ring (bicyclic) bond motifs is 2. The van der Waals surface area contributed by atoms with E-state index in [1.807, 2.05) is 44.2 Å². The van der Waals surface area contributed by atoms with E-state index in [0.29, 0.717) is 19.6 Å². The van der Waals surface area contributed by atoms with Crippen molar-refractivity contribution in [2.45, 2.75) is 33.2 Å². The van der Waals surface area contributed by atoms with Crippen molar-refractivity contribution in [3.63, 3.8) is 0 Å². The van der Waals surface area contributed by atoms with Crippen molar-refractivity contribution >= 4 is 28.3 Å². The third-order valence-electron chi connectivity index (χ3n) is 5.45. The first-order chi connectivity index (χ1) is 14.5. The SMILES string of the molecule is CC(=O)NC1C(=O)N(CCCOc2cccc3ccccc23)c2c(C)cc(C)cc21. The topological polar surface area (TPSA) is 58.6 Å². The molecule has 4 rings (SSSR count). The van der Waals surface area contributed by atoms with Gasteiger partial charge in [0.15, 0.2) is 0 Å². The molecule has 1 aliphatic heterocycles. The molecule has 1 unspecified atom stereocenters. The average Bonchev–Trinajstić information content (AvgIpc) is 2.96. The lowest BCUT2D eigenvalue weighted by molar-refractivity contribution is -0.126. The Balaban J connectivity index is 1.48. The van der Waals surface area contributed by atoms with Gasteiger partial charge in [-0.3, -0.25) is 9.59 Å². The van der Waals surface area contributed by atoms with Crippen molar-refractivity contribution in [2.24, 2.45) is 0 Å². The third kappa shape index (κ3) is 3.75. The Morgan fingerprint density at radius 1 is 1.10 bits per heavy atom. The first-order valence-electron chi connectivity index (χ1n) is 10.3. The number of hydrogen-bond acceptors (Lipinski definition) is 3. The number of anilines is 1. The Labute approximate surface area is 176 Å². The van der Waals surface area contributed by atoms with Crippen LogP contribution in [0.15, 0.2) is 54.6 Å². The molecule has 1 N–H and O–H groups in total. The summed E-state index contributed by atoms with van der Waals surface area (Å²) in [4.78, 5) is 26.5. The largest absolute Gasteiger partial charge is 0.493 e. The molecule has 1 atom stereocenters. The third-order valence-corrected chi connectivity index (χ3v) is 5.45. The quantitative estimate of drug-likeness (QED) is 0.620. The molecule has 0 spiro atoms. The summed E-state index contributed by atoms with van der Waals surface area (Å²) in [5.41, 5.74) is 3.91. The molecule has 2 amide bonds. The van der Waals surface area contributed by atoms with Crippen molar-refractivity contribution in [1.29, 1.82) is 0 Å². The Morgan fingerprint density at radius 2 is 1.87 bits per heavy atom. The van der Waals surface area contributed by atoms with E-state index in [9.17, 15) is 9.59 Å². The van der Waals surface area contributed by atoms with Crippen LogP contribution in [0.2, 0.25) is 0 Å². The molecule has 1 aliphatic rings. The molecule has 0 saturated heterocycles. The van der Waals surface area contributed by atoms with Crippen LogP contribution in [-0.4, -0.2) is 25.0 Å². The van der Waals surface area contributed by atoms with E-state index in [-0.39, 0.29) is 11.8 Å². The van der Waals surface area contributed by atoms with Gasteiger partial charge in [-0.05, 0) is 37.3 Å². The number of rotatable bonds is 6. The number of nitrogens with one attached hydrogen (secondary N) is 1. The smallest absolute Gasteiger partial charge is 0.254 e. The zero-order valence-corrected chi connectivity index (χ0v) is 17.6. The molecule has 154 valence electrons. The fraction of sp³-hybridized carbons (Fsp3) is 0.280. The number of nitrogens with zero attached hydrogens (tertiary/aromatic N) is 1. The lowest BCUT2D eigenvalue weighted by Gasteiger charge is -2.20. The first-order valence-corrected chi connectivity index (χ1v) is 10.3. The van der Waals surface area contributed by atoms with Crippen molar-refractivity contribution in [3.05, 3.63) is 71.3 Å². The predicted molar refractivity (Wildman–Crippen MR) is 119 cm³/mol. The van der Waals surface area contributed by atoms with Gasteiger partial charge in [0.2, 0.25) is 5.91 Å². The molecule has 3 aromatic rings. The summed E-state index contributed by atoms with van der Waals surface area (Å²) >= 11 is 0. The van der Waals surface area contributed by atoms with Crippen LogP contribution in [0.5, 0.6) is 5.75 Å². The average molecular weight is 402 g/mol. The van der Waals surface area contributed by atoms with Crippen molar-refractivity contribution in [3.8, 4) is 5.75 Å². The second kappa shape index (κ2) is 8.19. The van der Waals surface area contributed by atoms with Crippen molar-refractivity contribution < 1.29 is 14.3 Å². The second-order valence-corrected chi connectivity index (χ2v) is 7.82. The molecule has 1 heterocycles. The minimum absolute atomic E-state index is 0.0842. The fourth-order valence-electron chi connectivity index (χ4n) is 4.27. The maximum absolute atomic E-state index is 13.1. The highest BCUT2D eigenvalue weighted by molar-refractivity contribution is 6.07. The molecule has 0 saturated carbocycles. The lowest BCUT2D eigenvalue weighted by atomic mass is 10.0. The summed E-state index contributed by atoms with van der Waals surface area (Å²) < 4.78 is 6.04. The van der Waals surface area contributed by atoms with Crippen LogP contribution < -0.4 is 15.0 Å². The Morgan fingerprint density at radius 3 is 2.67 bits per heavy atom. The van der Waals surface area contributed by atoms with Gasteiger partial charge < -0.3 is 15.0 Å². The van der Waals surface area contributed by atoms with Crippen LogP contribution in [0.4, 0.5) is 5.69 Å². The van der Waals surface area contributed by atoms with E-state index < -0.39 is 6.04 Å². The lowest BCUT2D eigenvalue weighted by Crippen LogP contribution is -2.37. The minimum atomic E-state index is -0.616. The molecule has 3 aromatic carbocycles. The van der Waals surface area contributed by atoms with Gasteiger partial charge in [0.1, 0.15) is 11.8 Å². The number of hydrogen-bond donors (Lipinski definition) is 1. The van der Waals surface area contributed by atoms with Crippen molar-refractivity contribution in [2.75, 3.05) is 18.1 Å². The number of benzene rings is 3. The van der Waals surface area contributed by atoms with Gasteiger partial charge in [-0.25, -0.2) is 0 Å². The highest BCUT2D eigenvalue weighted by Gasteiger charge is 2.38.